The first-order chi connectivity index (χ1) is 8.17. The molecule has 1 fully saturated rings. The van der Waals surface area contributed by atoms with E-state index in [1.54, 1.807) is 0 Å². The van der Waals surface area contributed by atoms with Crippen molar-refractivity contribution in [2.24, 2.45) is 17.6 Å². The van der Waals surface area contributed by atoms with Crippen molar-refractivity contribution in [1.29, 1.82) is 0 Å². The highest BCUT2D eigenvalue weighted by molar-refractivity contribution is 5.79. The average molecular weight is 266 g/mol. The van der Waals surface area contributed by atoms with E-state index in [9.17, 15) is 18.0 Å². The van der Waals surface area contributed by atoms with E-state index >= 15 is 0 Å². The van der Waals surface area contributed by atoms with Crippen molar-refractivity contribution in [3.63, 3.8) is 0 Å². The van der Waals surface area contributed by atoms with Gasteiger partial charge >= 0.3 is 6.18 Å². The van der Waals surface area contributed by atoms with E-state index in [1.165, 1.54) is 6.92 Å². The number of amides is 1. The maximum Gasteiger partial charge on any atom is 0.391 e. The van der Waals surface area contributed by atoms with Crippen LogP contribution < -0.4 is 11.1 Å². The van der Waals surface area contributed by atoms with Gasteiger partial charge in [0.25, 0.3) is 0 Å². The van der Waals surface area contributed by atoms with E-state index in [1.807, 2.05) is 6.92 Å². The summed E-state index contributed by atoms with van der Waals surface area (Å²) in [6.45, 7) is 3.38. The fourth-order valence-electron chi connectivity index (χ4n) is 2.63. The van der Waals surface area contributed by atoms with Crippen LogP contribution in [0.4, 0.5) is 13.2 Å². The van der Waals surface area contributed by atoms with Crippen molar-refractivity contribution in [2.75, 3.05) is 0 Å². The Morgan fingerprint density at radius 1 is 1.39 bits per heavy atom. The van der Waals surface area contributed by atoms with Crippen molar-refractivity contribution >= 4 is 5.91 Å². The quantitative estimate of drug-likeness (QED) is 0.823. The van der Waals surface area contributed by atoms with Crippen LogP contribution in [-0.4, -0.2) is 24.2 Å². The Labute approximate surface area is 105 Å². The number of alkyl halides is 3. The molecule has 0 aliphatic heterocycles. The Bertz CT molecular complexity index is 284. The van der Waals surface area contributed by atoms with Crippen LogP contribution in [0.3, 0.4) is 0 Å². The molecule has 6 heteroatoms. The Balaban J connectivity index is 2.45. The van der Waals surface area contributed by atoms with Crippen LogP contribution in [0.5, 0.6) is 0 Å². The smallest absolute Gasteiger partial charge is 0.353 e. The van der Waals surface area contributed by atoms with Crippen molar-refractivity contribution in [3.8, 4) is 0 Å². The average Bonchev–Trinajstić information content (AvgIpc) is 2.12. The summed E-state index contributed by atoms with van der Waals surface area (Å²) in [6.07, 6.45) is -3.09. The molecule has 0 saturated heterocycles. The molecule has 1 amide bonds. The van der Waals surface area contributed by atoms with Gasteiger partial charge in [0.1, 0.15) is 0 Å². The van der Waals surface area contributed by atoms with Gasteiger partial charge in [-0.1, -0.05) is 6.92 Å². The Hall–Kier alpha value is -0.780. The molecule has 1 rings (SSSR count). The third-order valence-corrected chi connectivity index (χ3v) is 3.28. The van der Waals surface area contributed by atoms with Gasteiger partial charge in [0.05, 0.1) is 6.42 Å². The summed E-state index contributed by atoms with van der Waals surface area (Å²) in [5.41, 5.74) is 5.83. The zero-order valence-corrected chi connectivity index (χ0v) is 10.8. The standard InChI is InChI=1S/C12H21F3N2O/c1-7-3-9(5-10(16)4-7)11(18)17-8(2)6-12(13,14)15/h7-10H,3-6,16H2,1-2H3,(H,17,18). The van der Waals surface area contributed by atoms with Gasteiger partial charge in [0.2, 0.25) is 5.91 Å². The van der Waals surface area contributed by atoms with Crippen LogP contribution in [0, 0.1) is 11.8 Å². The van der Waals surface area contributed by atoms with Crippen molar-refractivity contribution < 1.29 is 18.0 Å². The van der Waals surface area contributed by atoms with Crippen LogP contribution in [0.15, 0.2) is 0 Å². The summed E-state index contributed by atoms with van der Waals surface area (Å²) in [6, 6.07) is -0.909. The van der Waals surface area contributed by atoms with Crippen LogP contribution >= 0.6 is 0 Å². The zero-order valence-electron chi connectivity index (χ0n) is 10.8. The van der Waals surface area contributed by atoms with Crippen molar-refractivity contribution in [1.82, 2.24) is 5.32 Å². The molecule has 3 nitrogen and oxygen atoms in total. The van der Waals surface area contributed by atoms with Gasteiger partial charge in [-0.05, 0) is 32.1 Å². The van der Waals surface area contributed by atoms with Gasteiger partial charge in [0.15, 0.2) is 0 Å². The van der Waals surface area contributed by atoms with Crippen LogP contribution in [0.2, 0.25) is 0 Å². The second-order valence-corrected chi connectivity index (χ2v) is 5.50. The number of nitrogens with one attached hydrogen (secondary N) is 1. The number of nitrogens with two attached hydrogens (primary N) is 1. The SMILES string of the molecule is CC1CC(N)CC(C(=O)NC(C)CC(F)(F)F)C1. The number of rotatable bonds is 3. The van der Waals surface area contributed by atoms with Crippen molar-refractivity contribution in [3.05, 3.63) is 0 Å². The van der Waals surface area contributed by atoms with E-state index in [0.29, 0.717) is 18.8 Å². The molecule has 0 radical (unpaired) electrons. The highest BCUT2D eigenvalue weighted by Gasteiger charge is 2.33. The predicted octanol–water partition coefficient (Wildman–Crippen LogP) is 2.21. The Morgan fingerprint density at radius 3 is 2.50 bits per heavy atom. The first-order valence-electron chi connectivity index (χ1n) is 6.30. The molecular formula is C12H21F3N2O. The van der Waals surface area contributed by atoms with Crippen LogP contribution in [0.1, 0.15) is 39.5 Å². The summed E-state index contributed by atoms with van der Waals surface area (Å²) >= 11 is 0. The molecule has 0 bridgehead atoms. The maximum atomic E-state index is 12.2. The van der Waals surface area contributed by atoms with Gasteiger partial charge in [-0.25, -0.2) is 0 Å². The minimum atomic E-state index is -4.25. The van der Waals surface area contributed by atoms with Crippen LogP contribution in [0.25, 0.3) is 0 Å². The molecule has 3 N–H and O–H groups in total. The number of halogens is 3. The molecular weight excluding hydrogens is 245 g/mol. The summed E-state index contributed by atoms with van der Waals surface area (Å²) < 4.78 is 36.5. The van der Waals surface area contributed by atoms with Gasteiger partial charge in [-0.2, -0.15) is 13.2 Å². The molecule has 4 unspecified atom stereocenters. The van der Waals surface area contributed by atoms with Crippen LogP contribution in [-0.2, 0) is 4.79 Å². The zero-order chi connectivity index (χ0) is 13.9. The molecule has 4 atom stereocenters. The minimum absolute atomic E-state index is 0.0255. The predicted molar refractivity (Wildman–Crippen MR) is 62.8 cm³/mol. The molecule has 0 aromatic carbocycles. The molecule has 0 aromatic heterocycles. The van der Waals surface area contributed by atoms with E-state index in [2.05, 4.69) is 5.32 Å². The molecule has 1 saturated carbocycles. The van der Waals surface area contributed by atoms with E-state index < -0.39 is 18.6 Å². The second kappa shape index (κ2) is 5.91. The summed E-state index contributed by atoms with van der Waals surface area (Å²) in [5, 5.41) is 2.43. The largest absolute Gasteiger partial charge is 0.391 e. The molecule has 1 aliphatic rings. The van der Waals surface area contributed by atoms with E-state index in [-0.39, 0.29) is 17.9 Å². The number of carbonyl (C=O) groups is 1. The highest BCUT2D eigenvalue weighted by Crippen LogP contribution is 2.28. The number of hydrogen-bond acceptors (Lipinski definition) is 2. The highest BCUT2D eigenvalue weighted by atomic mass is 19.4. The Kier molecular flexibility index (Phi) is 5.01. The van der Waals surface area contributed by atoms with Gasteiger partial charge in [0, 0.05) is 18.0 Å². The third-order valence-electron chi connectivity index (χ3n) is 3.28. The van der Waals surface area contributed by atoms with Gasteiger partial charge < -0.3 is 11.1 Å². The second-order valence-electron chi connectivity index (χ2n) is 5.50. The number of carbonyl (C=O) groups excluding carboxylic acids is 1. The van der Waals surface area contributed by atoms with E-state index in [4.69, 9.17) is 5.73 Å². The summed E-state index contributed by atoms with van der Waals surface area (Å²) in [5.74, 6) is -0.199. The summed E-state index contributed by atoms with van der Waals surface area (Å²) in [4.78, 5) is 11.9. The fraction of sp³-hybridized carbons (Fsp3) is 0.917. The lowest BCUT2D eigenvalue weighted by Gasteiger charge is -2.31. The van der Waals surface area contributed by atoms with E-state index in [0.717, 1.165) is 6.42 Å². The van der Waals surface area contributed by atoms with Gasteiger partial charge in [-0.15, -0.1) is 0 Å². The third kappa shape index (κ3) is 5.25. The lowest BCUT2D eigenvalue weighted by molar-refractivity contribution is -0.142. The monoisotopic (exact) mass is 266 g/mol. The fourth-order valence-corrected chi connectivity index (χ4v) is 2.63. The maximum absolute atomic E-state index is 12.2. The lowest BCUT2D eigenvalue weighted by atomic mass is 9.79. The first kappa shape index (κ1) is 15.3. The van der Waals surface area contributed by atoms with Gasteiger partial charge in [-0.3, -0.25) is 4.79 Å². The summed E-state index contributed by atoms with van der Waals surface area (Å²) in [7, 11) is 0. The minimum Gasteiger partial charge on any atom is -0.353 e. The normalized spacial score (nSPS) is 30.9. The molecule has 18 heavy (non-hydrogen) atoms. The topological polar surface area (TPSA) is 55.1 Å². The molecule has 0 heterocycles. The molecule has 0 spiro atoms. The first-order valence-corrected chi connectivity index (χ1v) is 6.30. The number of hydrogen-bond donors (Lipinski definition) is 2. The van der Waals surface area contributed by atoms with Crippen molar-refractivity contribution in [2.45, 2.75) is 57.8 Å². The molecule has 106 valence electrons. The molecule has 0 aromatic rings. The lowest BCUT2D eigenvalue weighted by Crippen LogP contribution is -2.44. The molecule has 1 aliphatic carbocycles. The Morgan fingerprint density at radius 2 is 2.00 bits per heavy atom.